The smallest absolute Gasteiger partial charge is 0.243 e. The number of fused-ring (bicyclic) bond motifs is 1. The zero-order chi connectivity index (χ0) is 19.7. The van der Waals surface area contributed by atoms with E-state index in [1.807, 2.05) is 66.3 Å². The fraction of sp³-hybridized carbons (Fsp3) is 0.571. The summed E-state index contributed by atoms with van der Waals surface area (Å²) in [6.45, 7) is 10.8. The van der Waals surface area contributed by atoms with E-state index in [-0.39, 0.29) is 36.5 Å². The quantitative estimate of drug-likeness (QED) is 0.811. The van der Waals surface area contributed by atoms with Crippen LogP contribution in [0.1, 0.15) is 59.3 Å². The Morgan fingerprint density at radius 1 is 1.19 bits per heavy atom. The lowest BCUT2D eigenvalue weighted by Crippen LogP contribution is -2.44. The molecule has 1 fully saturated rings. The van der Waals surface area contributed by atoms with Crippen LogP contribution in [0, 0.1) is 0 Å². The number of imidazole rings is 1. The van der Waals surface area contributed by atoms with E-state index in [1.54, 1.807) is 6.92 Å². The Labute approximate surface area is 161 Å². The number of likely N-dealkylation sites (tertiary alicyclic amines) is 1. The molecular weight excluding hydrogens is 340 g/mol. The maximum atomic E-state index is 13.1. The van der Waals surface area contributed by atoms with Crippen molar-refractivity contribution in [2.24, 2.45) is 0 Å². The highest BCUT2D eigenvalue weighted by Gasteiger charge is 2.33. The van der Waals surface area contributed by atoms with Gasteiger partial charge in [0.05, 0.1) is 17.1 Å². The number of nitrogens with zero attached hydrogens (tertiary/aromatic N) is 4. The van der Waals surface area contributed by atoms with Crippen LogP contribution in [0.15, 0.2) is 24.3 Å². The zero-order valence-electron chi connectivity index (χ0n) is 17.0. The number of benzene rings is 1. The van der Waals surface area contributed by atoms with Crippen molar-refractivity contribution in [3.63, 3.8) is 0 Å². The van der Waals surface area contributed by atoms with Crippen molar-refractivity contribution in [1.29, 1.82) is 0 Å². The Bertz CT molecular complexity index is 832. The van der Waals surface area contributed by atoms with Gasteiger partial charge in [-0.05, 0) is 52.7 Å². The average Bonchev–Trinajstić information content (AvgIpc) is 3.19. The molecule has 146 valence electrons. The first kappa shape index (κ1) is 19.4. The maximum absolute atomic E-state index is 13.1. The molecule has 3 rings (SSSR count). The topological polar surface area (TPSA) is 58.4 Å². The molecule has 2 amide bonds. The number of amides is 2. The minimum Gasteiger partial charge on any atom is -0.336 e. The summed E-state index contributed by atoms with van der Waals surface area (Å²) in [7, 11) is 0. The second-order valence-electron chi connectivity index (χ2n) is 7.90. The number of hydrogen-bond acceptors (Lipinski definition) is 3. The summed E-state index contributed by atoms with van der Waals surface area (Å²) in [5, 5.41) is 0. The summed E-state index contributed by atoms with van der Waals surface area (Å²) in [4.78, 5) is 33.8. The molecule has 1 aliphatic rings. The summed E-state index contributed by atoms with van der Waals surface area (Å²) >= 11 is 0. The Hall–Kier alpha value is -2.37. The van der Waals surface area contributed by atoms with Gasteiger partial charge in [0.1, 0.15) is 12.4 Å². The summed E-state index contributed by atoms with van der Waals surface area (Å²) in [5.41, 5.74) is 1.82. The van der Waals surface area contributed by atoms with Crippen LogP contribution in [-0.4, -0.2) is 49.8 Å². The van der Waals surface area contributed by atoms with Crippen LogP contribution in [0.4, 0.5) is 0 Å². The number of rotatable bonds is 5. The first-order chi connectivity index (χ1) is 12.8. The molecule has 1 saturated heterocycles. The van der Waals surface area contributed by atoms with Gasteiger partial charge in [0, 0.05) is 25.6 Å². The lowest BCUT2D eigenvalue weighted by Gasteiger charge is -2.31. The van der Waals surface area contributed by atoms with Crippen LogP contribution in [0.25, 0.3) is 11.0 Å². The van der Waals surface area contributed by atoms with Gasteiger partial charge in [-0.1, -0.05) is 12.1 Å². The molecule has 0 radical (unpaired) electrons. The molecular formula is C21H30N4O2. The van der Waals surface area contributed by atoms with Gasteiger partial charge in [0.2, 0.25) is 11.8 Å². The highest BCUT2D eigenvalue weighted by Crippen LogP contribution is 2.33. The molecule has 1 atom stereocenters. The van der Waals surface area contributed by atoms with E-state index in [4.69, 9.17) is 4.98 Å². The monoisotopic (exact) mass is 370 g/mol. The normalized spacial score (nSPS) is 17.3. The average molecular weight is 370 g/mol. The van der Waals surface area contributed by atoms with E-state index in [0.29, 0.717) is 0 Å². The molecule has 1 aromatic heterocycles. The third-order valence-corrected chi connectivity index (χ3v) is 5.33. The summed E-state index contributed by atoms with van der Waals surface area (Å²) in [6, 6.07) is 8.10. The Morgan fingerprint density at radius 2 is 1.85 bits per heavy atom. The van der Waals surface area contributed by atoms with Gasteiger partial charge in [0.25, 0.3) is 0 Å². The number of hydrogen-bond donors (Lipinski definition) is 0. The van der Waals surface area contributed by atoms with Gasteiger partial charge < -0.3 is 14.4 Å². The van der Waals surface area contributed by atoms with Gasteiger partial charge in [-0.3, -0.25) is 9.59 Å². The first-order valence-corrected chi connectivity index (χ1v) is 9.84. The third kappa shape index (κ3) is 3.70. The number of aromatic nitrogens is 2. The van der Waals surface area contributed by atoms with Gasteiger partial charge >= 0.3 is 0 Å². The van der Waals surface area contributed by atoms with Gasteiger partial charge in [0.15, 0.2) is 0 Å². The molecule has 2 heterocycles. The van der Waals surface area contributed by atoms with Crippen molar-refractivity contribution in [3.05, 3.63) is 30.1 Å². The number of para-hydroxylation sites is 2. The third-order valence-electron chi connectivity index (χ3n) is 5.33. The van der Waals surface area contributed by atoms with E-state index >= 15 is 0 Å². The molecule has 0 unspecified atom stereocenters. The van der Waals surface area contributed by atoms with Crippen LogP contribution >= 0.6 is 0 Å². The van der Waals surface area contributed by atoms with Crippen molar-refractivity contribution in [2.45, 2.75) is 72.1 Å². The van der Waals surface area contributed by atoms with Crippen molar-refractivity contribution in [1.82, 2.24) is 19.4 Å². The maximum Gasteiger partial charge on any atom is 0.243 e. The molecule has 0 aliphatic carbocycles. The molecule has 2 aromatic rings. The van der Waals surface area contributed by atoms with E-state index in [1.165, 1.54) is 0 Å². The zero-order valence-corrected chi connectivity index (χ0v) is 17.0. The van der Waals surface area contributed by atoms with Crippen molar-refractivity contribution in [2.75, 3.05) is 6.54 Å². The lowest BCUT2D eigenvalue weighted by molar-refractivity contribution is -0.135. The minimum absolute atomic E-state index is 0.0609. The van der Waals surface area contributed by atoms with Crippen molar-refractivity contribution < 1.29 is 9.59 Å². The highest BCUT2D eigenvalue weighted by molar-refractivity contribution is 5.82. The predicted octanol–water partition coefficient (Wildman–Crippen LogP) is 3.37. The summed E-state index contributed by atoms with van der Waals surface area (Å²) in [6.07, 6.45) is 1.85. The summed E-state index contributed by atoms with van der Waals surface area (Å²) in [5.74, 6) is 0.968. The van der Waals surface area contributed by atoms with Crippen molar-refractivity contribution >= 4 is 22.8 Å². The highest BCUT2D eigenvalue weighted by atomic mass is 16.2. The van der Waals surface area contributed by atoms with E-state index in [2.05, 4.69) is 0 Å². The molecule has 0 spiro atoms. The molecule has 6 nitrogen and oxygen atoms in total. The van der Waals surface area contributed by atoms with Crippen LogP contribution < -0.4 is 0 Å². The van der Waals surface area contributed by atoms with Gasteiger partial charge in [-0.2, -0.15) is 0 Å². The van der Waals surface area contributed by atoms with Crippen molar-refractivity contribution in [3.8, 4) is 0 Å². The molecule has 27 heavy (non-hydrogen) atoms. The van der Waals surface area contributed by atoms with Gasteiger partial charge in [-0.15, -0.1) is 0 Å². The van der Waals surface area contributed by atoms with Crippen LogP contribution in [0.2, 0.25) is 0 Å². The Kier molecular flexibility index (Phi) is 5.53. The molecule has 1 aliphatic heterocycles. The predicted molar refractivity (Wildman–Crippen MR) is 106 cm³/mol. The largest absolute Gasteiger partial charge is 0.336 e. The fourth-order valence-electron chi connectivity index (χ4n) is 4.32. The van der Waals surface area contributed by atoms with Crippen LogP contribution in [-0.2, 0) is 16.1 Å². The van der Waals surface area contributed by atoms with E-state index in [9.17, 15) is 9.59 Å². The first-order valence-electron chi connectivity index (χ1n) is 9.84. The second kappa shape index (κ2) is 7.71. The lowest BCUT2D eigenvalue weighted by atomic mass is 10.2. The van der Waals surface area contributed by atoms with Crippen LogP contribution in [0.3, 0.4) is 0 Å². The van der Waals surface area contributed by atoms with E-state index < -0.39 is 0 Å². The SMILES string of the molecule is CC(=O)N1CCC[C@H]1c1nc2ccccc2n1CC(=O)N(C(C)C)C(C)C. The second-order valence-corrected chi connectivity index (χ2v) is 7.90. The number of carbonyl (C=O) groups is 2. The minimum atomic E-state index is -0.0609. The fourth-order valence-corrected chi connectivity index (χ4v) is 4.32. The van der Waals surface area contributed by atoms with Gasteiger partial charge in [-0.25, -0.2) is 4.98 Å². The molecule has 0 N–H and O–H groups in total. The molecule has 1 aromatic carbocycles. The molecule has 6 heteroatoms. The summed E-state index contributed by atoms with van der Waals surface area (Å²) < 4.78 is 2.02. The number of carbonyl (C=O) groups excluding carboxylic acids is 2. The molecule has 0 bridgehead atoms. The Morgan fingerprint density at radius 3 is 2.48 bits per heavy atom. The van der Waals surface area contributed by atoms with E-state index in [0.717, 1.165) is 36.2 Å². The van der Waals surface area contributed by atoms with Crippen LogP contribution in [0.5, 0.6) is 0 Å². The molecule has 0 saturated carbocycles. The standard InChI is InChI=1S/C21H30N4O2/c1-14(2)25(15(3)4)20(27)13-24-18-10-7-6-9-17(18)22-21(24)19-11-8-12-23(19)16(5)26/h6-7,9-10,14-15,19H,8,11-13H2,1-5H3/t19-/m0/s1. The Balaban J connectivity index is 2.03.